The lowest BCUT2D eigenvalue weighted by Gasteiger charge is -2.33. The van der Waals surface area contributed by atoms with Crippen LogP contribution < -0.4 is 10.5 Å². The Morgan fingerprint density at radius 3 is 2.52 bits per heavy atom. The lowest BCUT2D eigenvalue weighted by atomic mass is 9.98. The molecule has 2 rings (SSSR count). The van der Waals surface area contributed by atoms with Crippen LogP contribution >= 0.6 is 0 Å². The molecule has 4 heteroatoms. The van der Waals surface area contributed by atoms with Crippen molar-refractivity contribution in [3.8, 4) is 6.07 Å². The SMILES string of the molecule is Cc1cc(N2CCC(C)CC2)c(C#N)c(=O)n1CC(C)C. The lowest BCUT2D eigenvalue weighted by molar-refractivity contribution is 0.437. The zero-order valence-electron chi connectivity index (χ0n) is 13.5. The third-order valence-electron chi connectivity index (χ3n) is 4.27. The Bertz CT molecular complexity index is 602. The van der Waals surface area contributed by atoms with Gasteiger partial charge in [-0.25, -0.2) is 0 Å². The van der Waals surface area contributed by atoms with Gasteiger partial charge < -0.3 is 9.47 Å². The van der Waals surface area contributed by atoms with Gasteiger partial charge in [0.1, 0.15) is 11.6 Å². The smallest absolute Gasteiger partial charge is 0.270 e. The second-order valence-corrected chi connectivity index (χ2v) is 6.64. The van der Waals surface area contributed by atoms with E-state index in [4.69, 9.17) is 0 Å². The van der Waals surface area contributed by atoms with Crippen LogP contribution in [-0.2, 0) is 6.54 Å². The van der Waals surface area contributed by atoms with Gasteiger partial charge >= 0.3 is 0 Å². The quantitative estimate of drug-likeness (QED) is 0.859. The highest BCUT2D eigenvalue weighted by atomic mass is 16.1. The fraction of sp³-hybridized carbons (Fsp3) is 0.647. The molecular weight excluding hydrogens is 262 g/mol. The Labute approximate surface area is 127 Å². The molecule has 1 aromatic rings. The molecule has 0 bridgehead atoms. The van der Waals surface area contributed by atoms with Gasteiger partial charge in [-0.15, -0.1) is 0 Å². The number of hydrogen-bond acceptors (Lipinski definition) is 3. The van der Waals surface area contributed by atoms with Crippen LogP contribution in [0.25, 0.3) is 0 Å². The van der Waals surface area contributed by atoms with Crippen molar-refractivity contribution in [3.05, 3.63) is 27.7 Å². The second kappa shape index (κ2) is 6.34. The van der Waals surface area contributed by atoms with E-state index in [0.717, 1.165) is 43.2 Å². The number of piperidine rings is 1. The van der Waals surface area contributed by atoms with E-state index in [1.54, 1.807) is 4.57 Å². The van der Waals surface area contributed by atoms with E-state index in [1.165, 1.54) is 0 Å². The van der Waals surface area contributed by atoms with Crippen molar-refractivity contribution in [2.45, 2.75) is 47.1 Å². The van der Waals surface area contributed by atoms with Gasteiger partial charge in [0.2, 0.25) is 0 Å². The summed E-state index contributed by atoms with van der Waals surface area (Å²) in [7, 11) is 0. The normalized spacial score (nSPS) is 16.3. The molecule has 1 fully saturated rings. The van der Waals surface area contributed by atoms with Crippen LogP contribution in [0.3, 0.4) is 0 Å². The third-order valence-corrected chi connectivity index (χ3v) is 4.27. The summed E-state index contributed by atoms with van der Waals surface area (Å²) in [5.41, 5.74) is 1.93. The van der Waals surface area contributed by atoms with E-state index in [9.17, 15) is 10.1 Å². The van der Waals surface area contributed by atoms with E-state index in [1.807, 2.05) is 13.0 Å². The van der Waals surface area contributed by atoms with Gasteiger partial charge in [-0.2, -0.15) is 5.26 Å². The highest BCUT2D eigenvalue weighted by molar-refractivity contribution is 5.59. The predicted molar refractivity (Wildman–Crippen MR) is 85.6 cm³/mol. The molecule has 114 valence electrons. The van der Waals surface area contributed by atoms with Crippen LogP contribution in [0.2, 0.25) is 0 Å². The molecular formula is C17H25N3O. The third kappa shape index (κ3) is 3.29. The van der Waals surface area contributed by atoms with Crippen LogP contribution in [0.4, 0.5) is 5.69 Å². The average Bonchev–Trinajstić information content (AvgIpc) is 2.43. The van der Waals surface area contributed by atoms with E-state index in [2.05, 4.69) is 31.7 Å². The number of anilines is 1. The molecule has 21 heavy (non-hydrogen) atoms. The van der Waals surface area contributed by atoms with Gasteiger partial charge in [-0.05, 0) is 37.7 Å². The van der Waals surface area contributed by atoms with Gasteiger partial charge in [-0.3, -0.25) is 4.79 Å². The molecule has 1 aromatic heterocycles. The Hall–Kier alpha value is -1.76. The van der Waals surface area contributed by atoms with Gasteiger partial charge in [0.05, 0.1) is 5.69 Å². The monoisotopic (exact) mass is 287 g/mol. The van der Waals surface area contributed by atoms with Gasteiger partial charge in [0.25, 0.3) is 5.56 Å². The van der Waals surface area contributed by atoms with Crippen molar-refractivity contribution in [2.75, 3.05) is 18.0 Å². The molecule has 0 atom stereocenters. The van der Waals surface area contributed by atoms with Crippen molar-refractivity contribution in [3.63, 3.8) is 0 Å². The molecule has 0 amide bonds. The number of hydrogen-bond donors (Lipinski definition) is 0. The van der Waals surface area contributed by atoms with Crippen LogP contribution in [-0.4, -0.2) is 17.7 Å². The summed E-state index contributed by atoms with van der Waals surface area (Å²) >= 11 is 0. The standard InChI is InChI=1S/C17H25N3O/c1-12(2)11-20-14(4)9-16(15(10-18)17(20)21)19-7-5-13(3)6-8-19/h9,12-13H,5-8,11H2,1-4H3. The molecule has 0 N–H and O–H groups in total. The van der Waals surface area contributed by atoms with E-state index in [-0.39, 0.29) is 5.56 Å². The van der Waals surface area contributed by atoms with E-state index >= 15 is 0 Å². The van der Waals surface area contributed by atoms with Crippen molar-refractivity contribution in [2.24, 2.45) is 11.8 Å². The van der Waals surface area contributed by atoms with E-state index < -0.39 is 0 Å². The fourth-order valence-corrected chi connectivity index (χ4v) is 2.95. The molecule has 0 saturated carbocycles. The number of aromatic nitrogens is 1. The molecule has 1 aliphatic heterocycles. The number of nitriles is 1. The molecule has 0 aromatic carbocycles. The predicted octanol–water partition coefficient (Wildman–Crippen LogP) is 2.92. The van der Waals surface area contributed by atoms with Crippen LogP contribution in [0, 0.1) is 30.1 Å². The molecule has 2 heterocycles. The summed E-state index contributed by atoms with van der Waals surface area (Å²) in [6.07, 6.45) is 2.25. The summed E-state index contributed by atoms with van der Waals surface area (Å²) < 4.78 is 1.74. The van der Waals surface area contributed by atoms with Crippen LogP contribution in [0.1, 0.15) is 44.9 Å². The Kier molecular flexibility index (Phi) is 4.72. The maximum Gasteiger partial charge on any atom is 0.270 e. The lowest BCUT2D eigenvalue weighted by Crippen LogP contribution is -2.36. The first-order valence-electron chi connectivity index (χ1n) is 7.83. The molecule has 0 unspecified atom stereocenters. The first-order valence-corrected chi connectivity index (χ1v) is 7.83. The largest absolute Gasteiger partial charge is 0.370 e. The Balaban J connectivity index is 2.44. The molecule has 1 aliphatic rings. The highest BCUT2D eigenvalue weighted by Gasteiger charge is 2.22. The minimum Gasteiger partial charge on any atom is -0.370 e. The van der Waals surface area contributed by atoms with Gasteiger partial charge in [-0.1, -0.05) is 20.8 Å². The summed E-state index contributed by atoms with van der Waals surface area (Å²) in [4.78, 5) is 14.8. The second-order valence-electron chi connectivity index (χ2n) is 6.64. The number of aryl methyl sites for hydroxylation is 1. The Morgan fingerprint density at radius 1 is 1.38 bits per heavy atom. The molecule has 1 saturated heterocycles. The minimum atomic E-state index is -0.139. The molecule has 4 nitrogen and oxygen atoms in total. The molecule has 0 radical (unpaired) electrons. The average molecular weight is 287 g/mol. The number of rotatable bonds is 3. The molecule has 0 spiro atoms. The number of nitrogens with zero attached hydrogens (tertiary/aromatic N) is 3. The van der Waals surface area contributed by atoms with Crippen molar-refractivity contribution < 1.29 is 0 Å². The van der Waals surface area contributed by atoms with Crippen molar-refractivity contribution in [1.82, 2.24) is 4.57 Å². The first-order chi connectivity index (χ1) is 9.93. The molecule has 0 aliphatic carbocycles. The topological polar surface area (TPSA) is 49.0 Å². The summed E-state index contributed by atoms with van der Waals surface area (Å²) in [6, 6.07) is 4.15. The highest BCUT2D eigenvalue weighted by Crippen LogP contribution is 2.25. The zero-order valence-corrected chi connectivity index (χ0v) is 13.5. The van der Waals surface area contributed by atoms with Crippen molar-refractivity contribution in [1.29, 1.82) is 5.26 Å². The van der Waals surface area contributed by atoms with E-state index in [0.29, 0.717) is 18.0 Å². The van der Waals surface area contributed by atoms with Crippen LogP contribution in [0.15, 0.2) is 10.9 Å². The maximum atomic E-state index is 12.6. The summed E-state index contributed by atoms with van der Waals surface area (Å²) in [5.74, 6) is 1.11. The zero-order chi connectivity index (χ0) is 15.6. The van der Waals surface area contributed by atoms with Gasteiger partial charge in [0, 0.05) is 25.3 Å². The van der Waals surface area contributed by atoms with Crippen LogP contribution in [0.5, 0.6) is 0 Å². The Morgan fingerprint density at radius 2 is 2.00 bits per heavy atom. The number of pyridine rings is 1. The van der Waals surface area contributed by atoms with Crippen molar-refractivity contribution >= 4 is 5.69 Å². The summed E-state index contributed by atoms with van der Waals surface area (Å²) in [6.45, 7) is 10.9. The maximum absolute atomic E-state index is 12.6. The van der Waals surface area contributed by atoms with Gasteiger partial charge in [0.15, 0.2) is 0 Å². The minimum absolute atomic E-state index is 0.139. The summed E-state index contributed by atoms with van der Waals surface area (Å²) in [5, 5.41) is 9.44. The first kappa shape index (κ1) is 15.6. The fourth-order valence-electron chi connectivity index (χ4n) is 2.95.